The lowest BCUT2D eigenvalue weighted by Crippen LogP contribution is -2.37. The molecule has 3 aliphatic rings. The summed E-state index contributed by atoms with van der Waals surface area (Å²) >= 11 is 0. The summed E-state index contributed by atoms with van der Waals surface area (Å²) in [5, 5.41) is 20.9. The lowest BCUT2D eigenvalue weighted by molar-refractivity contribution is 0.106. The summed E-state index contributed by atoms with van der Waals surface area (Å²) in [6.45, 7) is 7.16. The molecule has 3 fully saturated rings. The Labute approximate surface area is 199 Å². The van der Waals surface area contributed by atoms with Gasteiger partial charge in [-0.1, -0.05) is 51.4 Å². The van der Waals surface area contributed by atoms with E-state index in [0.29, 0.717) is 0 Å². The molecule has 0 saturated carbocycles. The number of nitrogens with zero attached hydrogens (tertiary/aromatic N) is 2. The fourth-order valence-corrected chi connectivity index (χ4v) is 6.46. The smallest absolute Gasteiger partial charge is 0.0552 e. The Bertz CT molecular complexity index is 432. The van der Waals surface area contributed by atoms with Crippen LogP contribution in [0.2, 0.25) is 0 Å². The third-order valence-corrected chi connectivity index (χ3v) is 8.56. The molecule has 0 radical (unpaired) electrons. The van der Waals surface area contributed by atoms with Gasteiger partial charge < -0.3 is 20.0 Å². The van der Waals surface area contributed by atoms with Gasteiger partial charge in [-0.25, -0.2) is 0 Å². The molecular weight excluding hydrogens is 396 g/mol. The van der Waals surface area contributed by atoms with Crippen LogP contribution in [0, 0.1) is 11.8 Å². The fraction of sp³-hybridized carbons (Fsp3) is 1.00. The molecule has 0 aliphatic carbocycles. The second-order valence-electron chi connectivity index (χ2n) is 11.5. The van der Waals surface area contributed by atoms with Crippen molar-refractivity contribution in [3.8, 4) is 0 Å². The molecule has 3 saturated heterocycles. The number of hydrogen-bond acceptors (Lipinski definition) is 4. The van der Waals surface area contributed by atoms with Gasteiger partial charge in [0.05, 0.1) is 12.2 Å². The average Bonchev–Trinajstić information content (AvgIpc) is 2.81. The summed E-state index contributed by atoms with van der Waals surface area (Å²) < 4.78 is 0. The standard InChI is InChI=1S/C28H54N2O2/c31-27-15-7-3-1-5-11-25-13-9-19-29(23-25)22-18-28(32)16-8-4-2-6-12-26-14-10-20-30(24-26)21-17-27/h25-28,31-32H,1-24H2/t25-,26-,27+,28+/m0/s1. The van der Waals surface area contributed by atoms with Crippen LogP contribution in [0.15, 0.2) is 0 Å². The summed E-state index contributed by atoms with van der Waals surface area (Å²) in [5.41, 5.74) is 0. The number of rotatable bonds is 0. The van der Waals surface area contributed by atoms with Crippen LogP contribution in [-0.2, 0) is 0 Å². The molecule has 2 N–H and O–H groups in total. The Morgan fingerprint density at radius 2 is 0.750 bits per heavy atom. The predicted molar refractivity (Wildman–Crippen MR) is 135 cm³/mol. The minimum atomic E-state index is -0.0943. The van der Waals surface area contributed by atoms with E-state index in [9.17, 15) is 10.2 Å². The molecule has 0 spiro atoms. The van der Waals surface area contributed by atoms with Crippen LogP contribution >= 0.6 is 0 Å². The lowest BCUT2D eigenvalue weighted by atomic mass is 9.91. The van der Waals surface area contributed by atoms with Gasteiger partial charge in [0, 0.05) is 26.2 Å². The molecule has 0 amide bonds. The van der Waals surface area contributed by atoms with Gasteiger partial charge in [0.2, 0.25) is 0 Å². The van der Waals surface area contributed by atoms with Crippen molar-refractivity contribution < 1.29 is 10.2 Å². The molecule has 2 unspecified atom stereocenters. The minimum Gasteiger partial charge on any atom is -0.393 e. The van der Waals surface area contributed by atoms with E-state index in [1.54, 1.807) is 0 Å². The predicted octanol–water partition coefficient (Wildman–Crippen LogP) is 5.61. The van der Waals surface area contributed by atoms with Crippen LogP contribution in [-0.4, -0.2) is 71.5 Å². The molecule has 0 aromatic carbocycles. The van der Waals surface area contributed by atoms with Crippen molar-refractivity contribution in [2.24, 2.45) is 11.8 Å². The van der Waals surface area contributed by atoms with E-state index in [0.717, 1.165) is 50.6 Å². The Balaban J connectivity index is 1.41. The second-order valence-corrected chi connectivity index (χ2v) is 11.5. The highest BCUT2D eigenvalue weighted by Crippen LogP contribution is 2.25. The second kappa shape index (κ2) is 15.7. The third-order valence-electron chi connectivity index (χ3n) is 8.56. The van der Waals surface area contributed by atoms with Crippen LogP contribution in [0.4, 0.5) is 0 Å². The number of hydrogen-bond donors (Lipinski definition) is 2. The monoisotopic (exact) mass is 450 g/mol. The average molecular weight is 451 g/mol. The minimum absolute atomic E-state index is 0.0943. The SMILES string of the molecule is O[C@@H]1CCCCCC[C@H]2CCCN(CC[C@H](O)CCCCCC[C@H]3CCCN(CC1)C3)C2. The van der Waals surface area contributed by atoms with Crippen LogP contribution in [0.1, 0.15) is 116 Å². The van der Waals surface area contributed by atoms with Gasteiger partial charge in [-0.2, -0.15) is 0 Å². The molecule has 4 heteroatoms. The van der Waals surface area contributed by atoms with Crippen molar-refractivity contribution in [2.75, 3.05) is 39.3 Å². The molecule has 0 aromatic rings. The van der Waals surface area contributed by atoms with Crippen molar-refractivity contribution in [1.29, 1.82) is 0 Å². The van der Waals surface area contributed by atoms with E-state index in [4.69, 9.17) is 0 Å². The maximum absolute atomic E-state index is 10.5. The van der Waals surface area contributed by atoms with Crippen molar-refractivity contribution >= 4 is 0 Å². The van der Waals surface area contributed by atoms with E-state index >= 15 is 0 Å². The number of aliphatic hydroxyl groups excluding tert-OH is 2. The highest BCUT2D eigenvalue weighted by molar-refractivity contribution is 4.76. The van der Waals surface area contributed by atoms with Crippen molar-refractivity contribution in [1.82, 2.24) is 9.80 Å². The maximum atomic E-state index is 10.5. The van der Waals surface area contributed by atoms with Crippen molar-refractivity contribution in [2.45, 2.75) is 128 Å². The molecule has 188 valence electrons. The summed E-state index contributed by atoms with van der Waals surface area (Å²) in [4.78, 5) is 5.25. The topological polar surface area (TPSA) is 46.9 Å². The van der Waals surface area contributed by atoms with Gasteiger partial charge in [-0.05, 0) is 89.1 Å². The van der Waals surface area contributed by atoms with Gasteiger partial charge in [0.15, 0.2) is 0 Å². The van der Waals surface area contributed by atoms with Gasteiger partial charge >= 0.3 is 0 Å². The highest BCUT2D eigenvalue weighted by atomic mass is 16.3. The Kier molecular flexibility index (Phi) is 13.0. The fourth-order valence-electron chi connectivity index (χ4n) is 6.46. The van der Waals surface area contributed by atoms with Gasteiger partial charge in [-0.15, -0.1) is 0 Å². The van der Waals surface area contributed by atoms with Crippen LogP contribution in [0.25, 0.3) is 0 Å². The number of aliphatic hydroxyl groups is 2. The summed E-state index contributed by atoms with van der Waals surface area (Å²) in [6, 6.07) is 0. The summed E-state index contributed by atoms with van der Waals surface area (Å²) in [7, 11) is 0. The highest BCUT2D eigenvalue weighted by Gasteiger charge is 2.21. The van der Waals surface area contributed by atoms with Crippen molar-refractivity contribution in [3.63, 3.8) is 0 Å². The molecule has 3 heterocycles. The van der Waals surface area contributed by atoms with Crippen LogP contribution < -0.4 is 0 Å². The molecule has 4 nitrogen and oxygen atoms in total. The van der Waals surface area contributed by atoms with Crippen LogP contribution in [0.3, 0.4) is 0 Å². The Hall–Kier alpha value is -0.160. The molecule has 4 bridgehead atoms. The van der Waals surface area contributed by atoms with E-state index in [-0.39, 0.29) is 12.2 Å². The Morgan fingerprint density at radius 1 is 0.375 bits per heavy atom. The molecule has 0 aromatic heterocycles. The molecule has 32 heavy (non-hydrogen) atoms. The van der Waals surface area contributed by atoms with Crippen molar-refractivity contribution in [3.05, 3.63) is 0 Å². The van der Waals surface area contributed by atoms with Gasteiger partial charge in [-0.3, -0.25) is 0 Å². The van der Waals surface area contributed by atoms with E-state index in [1.165, 1.54) is 116 Å². The van der Waals surface area contributed by atoms with Gasteiger partial charge in [0.1, 0.15) is 0 Å². The normalized spacial score (nSPS) is 38.4. The first-order chi connectivity index (χ1) is 15.7. The van der Waals surface area contributed by atoms with Crippen LogP contribution in [0.5, 0.6) is 0 Å². The first-order valence-corrected chi connectivity index (χ1v) is 14.5. The summed E-state index contributed by atoms with van der Waals surface area (Å²) in [6.07, 6.45) is 22.3. The number of piperidine rings is 2. The zero-order valence-electron chi connectivity index (χ0n) is 21.1. The number of fused-ring (bicyclic) bond motifs is 4. The third kappa shape index (κ3) is 10.8. The molecule has 6 atom stereocenters. The molecular formula is C28H54N2O2. The first-order valence-electron chi connectivity index (χ1n) is 14.5. The van der Waals surface area contributed by atoms with E-state index in [2.05, 4.69) is 9.80 Å². The largest absolute Gasteiger partial charge is 0.393 e. The molecule has 3 rings (SSSR count). The first kappa shape index (κ1) is 26.4. The molecule has 3 aliphatic heterocycles. The quantitative estimate of drug-likeness (QED) is 0.504. The zero-order chi connectivity index (χ0) is 22.4. The maximum Gasteiger partial charge on any atom is 0.0552 e. The van der Waals surface area contributed by atoms with E-state index < -0.39 is 0 Å². The van der Waals surface area contributed by atoms with Gasteiger partial charge in [0.25, 0.3) is 0 Å². The van der Waals surface area contributed by atoms with E-state index in [1.807, 2.05) is 0 Å². The summed E-state index contributed by atoms with van der Waals surface area (Å²) in [5.74, 6) is 1.73. The zero-order valence-corrected chi connectivity index (χ0v) is 21.1. The Morgan fingerprint density at radius 3 is 1.19 bits per heavy atom. The lowest BCUT2D eigenvalue weighted by Gasteiger charge is -2.33.